The molecule has 0 aliphatic rings. The topological polar surface area (TPSA) is 96.6 Å². The number of hydrogen-bond acceptors (Lipinski definition) is 6. The van der Waals surface area contributed by atoms with Crippen molar-refractivity contribution in [3.63, 3.8) is 0 Å². The fourth-order valence-corrected chi connectivity index (χ4v) is 3.47. The molecule has 0 unspecified atom stereocenters. The third-order valence-electron chi connectivity index (χ3n) is 4.62. The number of nitriles is 1. The number of fused-ring (bicyclic) bond motifs is 1. The number of nitrogens with zero attached hydrogens (tertiary/aromatic N) is 3. The normalized spacial score (nSPS) is 10.6. The summed E-state index contributed by atoms with van der Waals surface area (Å²) in [6, 6.07) is 13.6. The van der Waals surface area contributed by atoms with E-state index in [2.05, 4.69) is 32.4 Å². The van der Waals surface area contributed by atoms with Crippen molar-refractivity contribution in [2.75, 3.05) is 26.6 Å². The maximum Gasteiger partial charge on any atom is 0.203 e. The zero-order chi connectivity index (χ0) is 21.3. The molecule has 0 aliphatic carbocycles. The fourth-order valence-electron chi connectivity index (χ4n) is 3.21. The summed E-state index contributed by atoms with van der Waals surface area (Å²) in [4.78, 5) is 4.72. The Kier molecular flexibility index (Phi) is 5.25. The van der Waals surface area contributed by atoms with Gasteiger partial charge in [-0.05, 0) is 36.4 Å². The minimum absolute atomic E-state index is 0.438. The summed E-state index contributed by atoms with van der Waals surface area (Å²) >= 11 is 3.45. The van der Waals surface area contributed by atoms with Gasteiger partial charge in [0.05, 0.1) is 21.3 Å². The van der Waals surface area contributed by atoms with Gasteiger partial charge in [-0.15, -0.1) is 0 Å². The van der Waals surface area contributed by atoms with E-state index in [1.54, 1.807) is 32.0 Å². The second-order valence-corrected chi connectivity index (χ2v) is 7.23. The van der Waals surface area contributed by atoms with E-state index in [0.29, 0.717) is 40.0 Å². The van der Waals surface area contributed by atoms with E-state index in [0.717, 1.165) is 15.7 Å². The molecule has 152 valence electrons. The third-order valence-corrected chi connectivity index (χ3v) is 5.15. The van der Waals surface area contributed by atoms with E-state index >= 15 is 0 Å². The first-order valence-corrected chi connectivity index (χ1v) is 9.71. The number of rotatable bonds is 6. The average molecular weight is 468 g/mol. The molecule has 2 aromatic carbocycles. The van der Waals surface area contributed by atoms with Gasteiger partial charge in [-0.3, -0.25) is 5.10 Å². The van der Waals surface area contributed by atoms with Gasteiger partial charge in [-0.1, -0.05) is 15.9 Å². The van der Waals surface area contributed by atoms with E-state index < -0.39 is 0 Å². The lowest BCUT2D eigenvalue weighted by Crippen LogP contribution is -1.99. The first-order chi connectivity index (χ1) is 14.6. The van der Waals surface area contributed by atoms with Crippen LogP contribution in [0.3, 0.4) is 0 Å². The molecule has 4 aromatic rings. The van der Waals surface area contributed by atoms with E-state index in [9.17, 15) is 5.26 Å². The smallest absolute Gasteiger partial charge is 0.203 e. The van der Waals surface area contributed by atoms with Crippen molar-refractivity contribution in [2.24, 2.45) is 0 Å². The molecular formula is C21H18BrN5O3. The molecule has 2 N–H and O–H groups in total. The Morgan fingerprint density at radius 2 is 1.73 bits per heavy atom. The molecule has 0 bridgehead atoms. The van der Waals surface area contributed by atoms with Crippen LogP contribution in [0.1, 0.15) is 5.56 Å². The third kappa shape index (κ3) is 3.31. The van der Waals surface area contributed by atoms with Gasteiger partial charge in [-0.2, -0.15) is 5.26 Å². The molecule has 2 heterocycles. The lowest BCUT2D eigenvalue weighted by molar-refractivity contribution is 0.324. The lowest BCUT2D eigenvalue weighted by Gasteiger charge is -2.14. The van der Waals surface area contributed by atoms with E-state index in [-0.39, 0.29) is 0 Å². The molecule has 0 radical (unpaired) electrons. The molecule has 0 amide bonds. The summed E-state index contributed by atoms with van der Waals surface area (Å²) in [5.74, 6) is 2.19. The summed E-state index contributed by atoms with van der Waals surface area (Å²) in [7, 11) is 4.68. The molecule has 0 saturated heterocycles. The van der Waals surface area contributed by atoms with E-state index in [1.807, 2.05) is 36.4 Å². The van der Waals surface area contributed by atoms with Crippen LogP contribution in [0.2, 0.25) is 0 Å². The highest BCUT2D eigenvalue weighted by Gasteiger charge is 2.22. The molecule has 2 aromatic heterocycles. The van der Waals surface area contributed by atoms with Gasteiger partial charge in [0, 0.05) is 21.9 Å². The number of anilines is 2. The number of nitrogens with one attached hydrogen (secondary N) is 2. The standard InChI is InChI=1S/C21H18BrN5O3/c1-28-16-8-12(9-17(29-2)19(16)30-3)18-21(25-15-6-4-14(22)5-7-15)27-20(26-18)13(10-23)11-24-27/h4-9,11,24-25H,1-3H3. The van der Waals surface area contributed by atoms with Crippen LogP contribution in [-0.2, 0) is 0 Å². The van der Waals surface area contributed by atoms with Crippen LogP contribution >= 0.6 is 15.9 Å². The van der Waals surface area contributed by atoms with Gasteiger partial charge in [0.25, 0.3) is 0 Å². The van der Waals surface area contributed by atoms with Gasteiger partial charge in [0.15, 0.2) is 23.0 Å². The van der Waals surface area contributed by atoms with Crippen molar-refractivity contribution in [3.8, 4) is 34.6 Å². The van der Waals surface area contributed by atoms with Crippen LogP contribution in [0, 0.1) is 11.3 Å². The van der Waals surface area contributed by atoms with Gasteiger partial charge in [0.1, 0.15) is 17.3 Å². The highest BCUT2D eigenvalue weighted by molar-refractivity contribution is 9.10. The Labute approximate surface area is 181 Å². The van der Waals surface area contributed by atoms with Crippen LogP contribution < -0.4 is 19.5 Å². The number of halogens is 1. The van der Waals surface area contributed by atoms with Crippen LogP contribution in [0.15, 0.2) is 47.1 Å². The summed E-state index contributed by atoms with van der Waals surface area (Å²) in [6.07, 6.45) is 1.62. The number of benzene rings is 2. The number of ether oxygens (including phenoxy) is 3. The Morgan fingerprint density at radius 1 is 1.07 bits per heavy atom. The lowest BCUT2D eigenvalue weighted by atomic mass is 10.1. The zero-order valence-corrected chi connectivity index (χ0v) is 18.1. The van der Waals surface area contributed by atoms with Crippen LogP contribution in [-0.4, -0.2) is 35.9 Å². The molecule has 9 heteroatoms. The number of hydrogen-bond donors (Lipinski definition) is 2. The average Bonchev–Trinajstić information content (AvgIpc) is 3.33. The summed E-state index contributed by atoms with van der Waals surface area (Å²) < 4.78 is 19.1. The minimum Gasteiger partial charge on any atom is -0.493 e. The molecule has 0 saturated carbocycles. The summed E-state index contributed by atoms with van der Waals surface area (Å²) in [5.41, 5.74) is 3.18. The van der Waals surface area contributed by atoms with Gasteiger partial charge >= 0.3 is 0 Å². The predicted molar refractivity (Wildman–Crippen MR) is 117 cm³/mol. The quantitative estimate of drug-likeness (QED) is 0.425. The SMILES string of the molecule is COc1cc(-c2nc3c(C#N)c[nH]n3c2Nc2ccc(Br)cc2)cc(OC)c1OC. The van der Waals surface area contributed by atoms with Crippen molar-refractivity contribution in [1.82, 2.24) is 14.6 Å². The molecule has 0 atom stereocenters. The van der Waals surface area contributed by atoms with Crippen molar-refractivity contribution in [2.45, 2.75) is 0 Å². The molecule has 0 aliphatic heterocycles. The molecule has 30 heavy (non-hydrogen) atoms. The summed E-state index contributed by atoms with van der Waals surface area (Å²) in [5, 5.41) is 15.9. The van der Waals surface area contributed by atoms with Crippen molar-refractivity contribution in [3.05, 3.63) is 52.6 Å². The highest BCUT2D eigenvalue weighted by Crippen LogP contribution is 2.43. The van der Waals surface area contributed by atoms with E-state index in [4.69, 9.17) is 19.2 Å². The van der Waals surface area contributed by atoms with Crippen LogP contribution in [0.4, 0.5) is 11.5 Å². The number of imidazole rings is 1. The van der Waals surface area contributed by atoms with Gasteiger partial charge in [-0.25, -0.2) is 9.50 Å². The number of methoxy groups -OCH3 is 3. The van der Waals surface area contributed by atoms with Crippen molar-refractivity contribution < 1.29 is 14.2 Å². The maximum atomic E-state index is 9.44. The van der Waals surface area contributed by atoms with E-state index in [1.165, 1.54) is 0 Å². The molecule has 0 fully saturated rings. The minimum atomic E-state index is 0.438. The zero-order valence-electron chi connectivity index (χ0n) is 16.5. The number of aromatic amines is 1. The molecule has 4 rings (SSSR count). The second-order valence-electron chi connectivity index (χ2n) is 6.31. The van der Waals surface area contributed by atoms with Crippen molar-refractivity contribution >= 4 is 33.1 Å². The number of aromatic nitrogens is 3. The van der Waals surface area contributed by atoms with Gasteiger partial charge in [0.2, 0.25) is 5.75 Å². The molecular weight excluding hydrogens is 450 g/mol. The highest BCUT2D eigenvalue weighted by atomic mass is 79.9. The summed E-state index contributed by atoms with van der Waals surface area (Å²) in [6.45, 7) is 0. The second kappa shape index (κ2) is 8.00. The monoisotopic (exact) mass is 467 g/mol. The molecule has 0 spiro atoms. The Morgan fingerprint density at radius 3 is 2.30 bits per heavy atom. The van der Waals surface area contributed by atoms with Crippen LogP contribution in [0.25, 0.3) is 16.9 Å². The predicted octanol–water partition coefficient (Wildman–Crippen LogP) is 4.73. The molecule has 8 nitrogen and oxygen atoms in total. The Balaban J connectivity index is 1.93. The first-order valence-electron chi connectivity index (χ1n) is 8.92. The Bertz CT molecular complexity index is 1230. The first kappa shape index (κ1) is 19.7. The van der Waals surface area contributed by atoms with Gasteiger partial charge < -0.3 is 19.5 Å². The fraction of sp³-hybridized carbons (Fsp3) is 0.143. The Hall–Kier alpha value is -3.64. The van der Waals surface area contributed by atoms with Crippen molar-refractivity contribution in [1.29, 1.82) is 5.26 Å². The largest absolute Gasteiger partial charge is 0.493 e. The maximum absolute atomic E-state index is 9.44. The number of H-pyrrole nitrogens is 1. The van der Waals surface area contributed by atoms with Crippen LogP contribution in [0.5, 0.6) is 17.2 Å².